The van der Waals surface area contributed by atoms with Gasteiger partial charge in [0.2, 0.25) is 5.91 Å². The molecule has 3 aromatic carbocycles. The fourth-order valence-electron chi connectivity index (χ4n) is 3.72. The molecule has 0 aliphatic heterocycles. The summed E-state index contributed by atoms with van der Waals surface area (Å²) in [6.07, 6.45) is 0.490. The minimum absolute atomic E-state index is 0.122. The van der Waals surface area contributed by atoms with Crippen molar-refractivity contribution in [2.24, 2.45) is 11.5 Å². The highest BCUT2D eigenvalue weighted by molar-refractivity contribution is 7.73. The van der Waals surface area contributed by atoms with Crippen LogP contribution in [0, 0.1) is 3.95 Å². The summed E-state index contributed by atoms with van der Waals surface area (Å²) >= 11 is 6.15. The van der Waals surface area contributed by atoms with E-state index in [1.807, 2.05) is 42.5 Å². The van der Waals surface area contributed by atoms with Gasteiger partial charge in [-0.15, -0.1) is 0 Å². The summed E-state index contributed by atoms with van der Waals surface area (Å²) < 4.78 is 0.318. The number of nitrogens with one attached hydrogen (secondary N) is 2. The van der Waals surface area contributed by atoms with Crippen molar-refractivity contribution in [3.8, 4) is 0 Å². The number of aromatic nitrogens is 2. The molecule has 1 amide bonds. The van der Waals surface area contributed by atoms with Crippen LogP contribution in [-0.4, -0.2) is 22.4 Å². The van der Waals surface area contributed by atoms with Gasteiger partial charge in [-0.1, -0.05) is 84.1 Å². The highest BCUT2D eigenvalue weighted by Crippen LogP contribution is 2.37. The molecule has 0 saturated carbocycles. The van der Waals surface area contributed by atoms with E-state index in [9.17, 15) is 9.59 Å². The fraction of sp³-hybridized carbons (Fsp3) is 0.130. The van der Waals surface area contributed by atoms with Crippen LogP contribution in [0.1, 0.15) is 16.1 Å². The Labute approximate surface area is 193 Å². The standard InChI is InChI=1S/C23H21N5O2S2/c24-22(14-29,17-10-2-1-3-11-17)23(25,20-27-28-21(31)32-20)19(30)26-13-16-9-6-8-15-7-4-5-12-18(15)16/h1-12,14H,13,24-25H2,(H,26,30)(H,28,31). The normalized spacial score (nSPS) is 14.9. The molecule has 0 bridgehead atoms. The number of aromatic amines is 1. The third-order valence-corrected chi connectivity index (χ3v) is 6.77. The molecule has 162 valence electrons. The van der Waals surface area contributed by atoms with E-state index in [-0.39, 0.29) is 11.6 Å². The molecule has 4 rings (SSSR count). The first-order valence-corrected chi connectivity index (χ1v) is 11.0. The molecule has 0 aliphatic rings. The Bertz CT molecular complexity index is 1330. The maximum absolute atomic E-state index is 13.6. The Kier molecular flexibility index (Phi) is 5.98. The van der Waals surface area contributed by atoms with Gasteiger partial charge < -0.3 is 21.6 Å². The van der Waals surface area contributed by atoms with Crippen LogP contribution >= 0.6 is 23.6 Å². The number of fused-ring (bicyclic) bond motifs is 1. The number of carbonyl (C=O) groups excluding carboxylic acids is 2. The summed E-state index contributed by atoms with van der Waals surface area (Å²) in [4.78, 5) is 26.0. The summed E-state index contributed by atoms with van der Waals surface area (Å²) in [5.41, 5.74) is 10.7. The highest BCUT2D eigenvalue weighted by atomic mass is 32.1. The SMILES string of the molecule is NC(C=O)(c1ccccc1)C(N)(C(=O)NCc1cccc2ccccc12)c1n[nH]c(=S)s1. The summed E-state index contributed by atoms with van der Waals surface area (Å²) in [7, 11) is 0. The third kappa shape index (κ3) is 3.65. The van der Waals surface area contributed by atoms with Crippen LogP contribution in [0.2, 0.25) is 0 Å². The fourth-order valence-corrected chi connectivity index (χ4v) is 4.79. The summed E-state index contributed by atoms with van der Waals surface area (Å²) in [6.45, 7) is 0.193. The molecule has 32 heavy (non-hydrogen) atoms. The Balaban J connectivity index is 1.76. The van der Waals surface area contributed by atoms with E-state index in [4.69, 9.17) is 23.7 Å². The van der Waals surface area contributed by atoms with E-state index in [2.05, 4.69) is 15.5 Å². The van der Waals surface area contributed by atoms with Crippen molar-refractivity contribution in [1.29, 1.82) is 0 Å². The number of nitrogens with two attached hydrogens (primary N) is 2. The van der Waals surface area contributed by atoms with Gasteiger partial charge in [-0.05, 0) is 34.1 Å². The maximum atomic E-state index is 13.6. The summed E-state index contributed by atoms with van der Waals surface area (Å²) in [6, 6.07) is 22.2. The minimum atomic E-state index is -2.00. The second-order valence-electron chi connectivity index (χ2n) is 7.40. The molecule has 7 nitrogen and oxygen atoms in total. The first-order chi connectivity index (χ1) is 15.4. The molecular formula is C23H21N5O2S2. The molecule has 1 heterocycles. The van der Waals surface area contributed by atoms with Gasteiger partial charge in [0.1, 0.15) is 16.8 Å². The van der Waals surface area contributed by atoms with Crippen molar-refractivity contribution < 1.29 is 9.59 Å². The van der Waals surface area contributed by atoms with E-state index in [0.29, 0.717) is 15.8 Å². The van der Waals surface area contributed by atoms with Gasteiger partial charge in [-0.25, -0.2) is 0 Å². The minimum Gasteiger partial charge on any atom is -0.350 e. The molecule has 1 aromatic heterocycles. The Morgan fingerprint density at radius 1 is 1.06 bits per heavy atom. The van der Waals surface area contributed by atoms with Crippen LogP contribution in [-0.2, 0) is 27.2 Å². The van der Waals surface area contributed by atoms with E-state index in [0.717, 1.165) is 27.7 Å². The van der Waals surface area contributed by atoms with Crippen molar-refractivity contribution in [1.82, 2.24) is 15.5 Å². The van der Waals surface area contributed by atoms with Crippen LogP contribution in [0.15, 0.2) is 72.8 Å². The average Bonchev–Trinajstić information content (AvgIpc) is 3.28. The van der Waals surface area contributed by atoms with Crippen LogP contribution in [0.25, 0.3) is 10.8 Å². The smallest absolute Gasteiger partial charge is 0.250 e. The second-order valence-corrected chi connectivity index (χ2v) is 9.07. The zero-order valence-electron chi connectivity index (χ0n) is 16.9. The van der Waals surface area contributed by atoms with E-state index >= 15 is 0 Å². The largest absolute Gasteiger partial charge is 0.350 e. The quantitative estimate of drug-likeness (QED) is 0.247. The number of amides is 1. The molecule has 0 aliphatic carbocycles. The first-order valence-electron chi connectivity index (χ1n) is 9.80. The number of benzene rings is 3. The molecule has 4 aromatic rings. The number of nitrogens with zero attached hydrogens (tertiary/aromatic N) is 1. The lowest BCUT2D eigenvalue weighted by Crippen LogP contribution is -2.68. The van der Waals surface area contributed by atoms with Crippen molar-refractivity contribution >= 4 is 46.5 Å². The summed E-state index contributed by atoms with van der Waals surface area (Å²) in [5.74, 6) is -0.637. The van der Waals surface area contributed by atoms with Crippen LogP contribution in [0.5, 0.6) is 0 Å². The molecule has 0 fully saturated rings. The number of hydrogen-bond acceptors (Lipinski definition) is 7. The van der Waals surface area contributed by atoms with Gasteiger partial charge in [-0.3, -0.25) is 9.89 Å². The Hall–Kier alpha value is -3.24. The molecule has 0 radical (unpaired) electrons. The van der Waals surface area contributed by atoms with Gasteiger partial charge in [0.05, 0.1) is 0 Å². The van der Waals surface area contributed by atoms with E-state index in [1.54, 1.807) is 30.3 Å². The molecule has 2 unspecified atom stereocenters. The van der Waals surface area contributed by atoms with Gasteiger partial charge in [0.25, 0.3) is 0 Å². The number of hydrogen-bond donors (Lipinski definition) is 4. The Morgan fingerprint density at radius 2 is 1.75 bits per heavy atom. The van der Waals surface area contributed by atoms with Gasteiger partial charge in [0.15, 0.2) is 9.49 Å². The maximum Gasteiger partial charge on any atom is 0.250 e. The van der Waals surface area contributed by atoms with Crippen LogP contribution in [0.4, 0.5) is 0 Å². The predicted octanol–water partition coefficient (Wildman–Crippen LogP) is 2.88. The first kappa shape index (κ1) is 22.0. The number of carbonyl (C=O) groups is 2. The number of rotatable bonds is 7. The zero-order valence-corrected chi connectivity index (χ0v) is 18.6. The van der Waals surface area contributed by atoms with Crippen molar-refractivity contribution in [2.75, 3.05) is 0 Å². The van der Waals surface area contributed by atoms with Gasteiger partial charge >= 0.3 is 0 Å². The zero-order chi connectivity index (χ0) is 22.8. The van der Waals surface area contributed by atoms with E-state index < -0.39 is 17.0 Å². The highest BCUT2D eigenvalue weighted by Gasteiger charge is 2.56. The predicted molar refractivity (Wildman–Crippen MR) is 127 cm³/mol. The molecule has 0 saturated heterocycles. The number of H-pyrrole nitrogens is 1. The molecule has 6 N–H and O–H groups in total. The average molecular weight is 464 g/mol. The van der Waals surface area contributed by atoms with Crippen molar-refractivity contribution in [3.63, 3.8) is 0 Å². The lowest BCUT2D eigenvalue weighted by molar-refractivity contribution is -0.133. The van der Waals surface area contributed by atoms with Crippen molar-refractivity contribution in [2.45, 2.75) is 17.6 Å². The molecule has 9 heteroatoms. The van der Waals surface area contributed by atoms with Crippen molar-refractivity contribution in [3.05, 3.63) is 92.9 Å². The monoisotopic (exact) mass is 463 g/mol. The Morgan fingerprint density at radius 3 is 2.44 bits per heavy atom. The van der Waals surface area contributed by atoms with Crippen LogP contribution in [0.3, 0.4) is 0 Å². The van der Waals surface area contributed by atoms with Gasteiger partial charge in [-0.2, -0.15) is 5.10 Å². The summed E-state index contributed by atoms with van der Waals surface area (Å²) in [5, 5.41) is 11.8. The molecular weight excluding hydrogens is 442 g/mol. The van der Waals surface area contributed by atoms with Crippen LogP contribution < -0.4 is 16.8 Å². The topological polar surface area (TPSA) is 127 Å². The lowest BCUT2D eigenvalue weighted by Gasteiger charge is -2.39. The number of aldehydes is 1. The van der Waals surface area contributed by atoms with E-state index in [1.165, 1.54) is 0 Å². The second kappa shape index (κ2) is 8.71. The third-order valence-electron chi connectivity index (χ3n) is 5.54. The lowest BCUT2D eigenvalue weighted by atomic mass is 9.73. The van der Waals surface area contributed by atoms with Gasteiger partial charge in [0, 0.05) is 6.54 Å². The molecule has 2 atom stereocenters. The molecule has 0 spiro atoms.